The first-order valence-electron chi connectivity index (χ1n) is 9.27. The van der Waals surface area contributed by atoms with Crippen LogP contribution in [0.3, 0.4) is 0 Å². The first-order chi connectivity index (χ1) is 14.1. The van der Waals surface area contributed by atoms with Crippen molar-refractivity contribution in [3.8, 4) is 23.0 Å². The topological polar surface area (TPSA) is 36.9 Å². The molecule has 0 spiro atoms. The first-order valence-corrected chi connectivity index (χ1v) is 13.5. The van der Waals surface area contributed by atoms with Crippen LogP contribution >= 0.6 is 31.9 Å². The molecular weight excluding hydrogens is 567 g/mol. The van der Waals surface area contributed by atoms with E-state index in [4.69, 9.17) is 18.9 Å². The number of hydrogen-bond donors (Lipinski definition) is 0. The molecule has 0 amide bonds. The third-order valence-corrected chi connectivity index (χ3v) is 11.1. The maximum absolute atomic E-state index is 5.45. The van der Waals surface area contributed by atoms with Crippen LogP contribution in [0, 0.1) is 0 Å². The molecule has 0 heterocycles. The molecule has 29 heavy (non-hydrogen) atoms. The second-order valence-electron chi connectivity index (χ2n) is 6.48. The maximum atomic E-state index is 5.45. The van der Waals surface area contributed by atoms with Crippen molar-refractivity contribution in [3.63, 3.8) is 0 Å². The quantitative estimate of drug-likeness (QED) is 0.238. The molecular formula is C22H28Br2O4Se. The van der Waals surface area contributed by atoms with Crippen molar-refractivity contribution in [2.45, 2.75) is 22.5 Å². The van der Waals surface area contributed by atoms with Gasteiger partial charge in [-0.25, -0.2) is 0 Å². The third kappa shape index (κ3) is 7.09. The zero-order chi connectivity index (χ0) is 21.2. The van der Waals surface area contributed by atoms with E-state index >= 15 is 0 Å². The number of alkyl halides is 2. The Balaban J connectivity index is 2.06. The molecule has 0 saturated carbocycles. The summed E-state index contributed by atoms with van der Waals surface area (Å²) in [5, 5.41) is 1.97. The molecule has 4 nitrogen and oxygen atoms in total. The zero-order valence-electron chi connectivity index (χ0n) is 17.2. The molecule has 0 fully saturated rings. The molecule has 2 unspecified atom stereocenters. The number of methoxy groups -OCH3 is 4. The van der Waals surface area contributed by atoms with Gasteiger partial charge in [-0.3, -0.25) is 0 Å². The summed E-state index contributed by atoms with van der Waals surface area (Å²) in [5.41, 5.74) is 2.54. The van der Waals surface area contributed by atoms with E-state index in [1.165, 1.54) is 11.1 Å². The van der Waals surface area contributed by atoms with Crippen molar-refractivity contribution in [1.29, 1.82) is 0 Å². The van der Waals surface area contributed by atoms with Gasteiger partial charge in [0.25, 0.3) is 0 Å². The summed E-state index contributed by atoms with van der Waals surface area (Å²) >= 11 is 7.91. The van der Waals surface area contributed by atoms with Gasteiger partial charge in [-0.2, -0.15) is 0 Å². The van der Waals surface area contributed by atoms with Crippen LogP contribution in [0.1, 0.15) is 11.1 Å². The molecule has 0 N–H and O–H groups in total. The summed E-state index contributed by atoms with van der Waals surface area (Å²) in [5.74, 6) is 3.11. The van der Waals surface area contributed by atoms with Crippen LogP contribution in [0.4, 0.5) is 0 Å². The van der Waals surface area contributed by atoms with Crippen LogP contribution in [-0.4, -0.2) is 54.1 Å². The van der Waals surface area contributed by atoms with E-state index < -0.39 is 0 Å². The van der Waals surface area contributed by atoms with Gasteiger partial charge in [-0.1, -0.05) is 0 Å². The molecule has 2 rings (SSSR count). The summed E-state index contributed by atoms with van der Waals surface area (Å²) in [6.07, 6.45) is 2.03. The SMILES string of the molecule is COc1ccc(CC(CBr)[Se]C(CBr)Cc2ccc(OC)c(OC)c2)cc1OC. The van der Waals surface area contributed by atoms with E-state index in [0.29, 0.717) is 24.6 Å². The van der Waals surface area contributed by atoms with Crippen LogP contribution in [-0.2, 0) is 12.8 Å². The fourth-order valence-electron chi connectivity index (χ4n) is 3.09. The van der Waals surface area contributed by atoms with Crippen LogP contribution in [0.15, 0.2) is 36.4 Å². The minimum absolute atomic E-state index is 0.452. The van der Waals surface area contributed by atoms with Crippen molar-refractivity contribution in [1.82, 2.24) is 0 Å². The first kappa shape index (κ1) is 24.4. The summed E-state index contributed by atoms with van der Waals surface area (Å²) in [4.78, 5) is 1.17. The monoisotopic (exact) mass is 594 g/mol. The molecule has 0 aliphatic rings. The molecule has 0 saturated heterocycles. The molecule has 2 aromatic carbocycles. The van der Waals surface area contributed by atoms with Crippen LogP contribution in [0.5, 0.6) is 23.0 Å². The van der Waals surface area contributed by atoms with E-state index in [2.05, 4.69) is 56.1 Å². The summed E-state index contributed by atoms with van der Waals surface area (Å²) in [7, 11) is 6.68. The Bertz CT molecular complexity index is 709. The second kappa shape index (κ2) is 12.7. The Morgan fingerprint density at radius 2 is 1.03 bits per heavy atom. The zero-order valence-corrected chi connectivity index (χ0v) is 22.1. The van der Waals surface area contributed by atoms with Gasteiger partial charge >= 0.3 is 198 Å². The average Bonchev–Trinajstić information content (AvgIpc) is 2.77. The van der Waals surface area contributed by atoms with E-state index in [0.717, 1.165) is 46.5 Å². The van der Waals surface area contributed by atoms with E-state index in [1.807, 2.05) is 12.1 Å². The molecule has 160 valence electrons. The molecule has 0 aliphatic heterocycles. The van der Waals surface area contributed by atoms with Gasteiger partial charge in [0.15, 0.2) is 0 Å². The summed E-state index contributed by atoms with van der Waals surface area (Å²) < 4.78 is 21.6. The molecule has 2 aromatic rings. The van der Waals surface area contributed by atoms with Gasteiger partial charge in [0.05, 0.1) is 0 Å². The summed E-state index contributed by atoms with van der Waals surface area (Å²) in [6, 6.07) is 12.4. The summed E-state index contributed by atoms with van der Waals surface area (Å²) in [6.45, 7) is 0. The Labute approximate surface area is 197 Å². The number of ether oxygens (including phenoxy) is 4. The van der Waals surface area contributed by atoms with Crippen LogP contribution in [0.2, 0.25) is 9.63 Å². The van der Waals surface area contributed by atoms with Crippen molar-refractivity contribution >= 4 is 46.8 Å². The Morgan fingerprint density at radius 3 is 1.34 bits per heavy atom. The fraction of sp³-hybridized carbons (Fsp3) is 0.455. The Morgan fingerprint density at radius 1 is 0.655 bits per heavy atom. The van der Waals surface area contributed by atoms with E-state index in [-0.39, 0.29) is 0 Å². The molecule has 0 aromatic heterocycles. The van der Waals surface area contributed by atoms with Crippen molar-refractivity contribution in [2.75, 3.05) is 39.1 Å². The van der Waals surface area contributed by atoms with Gasteiger partial charge < -0.3 is 0 Å². The third-order valence-electron chi connectivity index (χ3n) is 4.55. The van der Waals surface area contributed by atoms with E-state index in [9.17, 15) is 0 Å². The predicted octanol–water partition coefficient (Wildman–Crippen LogP) is 5.58. The molecule has 0 radical (unpaired) electrons. The second-order valence-corrected chi connectivity index (χ2v) is 11.1. The average molecular weight is 595 g/mol. The molecule has 0 bridgehead atoms. The Kier molecular flexibility index (Phi) is 10.7. The minimum atomic E-state index is 0.452. The van der Waals surface area contributed by atoms with Crippen LogP contribution in [0.25, 0.3) is 0 Å². The predicted molar refractivity (Wildman–Crippen MR) is 127 cm³/mol. The van der Waals surface area contributed by atoms with Crippen LogP contribution < -0.4 is 18.9 Å². The van der Waals surface area contributed by atoms with Crippen molar-refractivity contribution < 1.29 is 18.9 Å². The number of halogens is 2. The number of benzene rings is 2. The number of hydrogen-bond acceptors (Lipinski definition) is 4. The standard InChI is InChI=1S/C22H28Br2O4Se/c1-25-19-7-5-15(11-21(19)27-3)9-17(13-23)29-18(14-24)10-16-6-8-20(26-2)22(12-16)28-4/h5-8,11-12,17-18H,9-10,13-14H2,1-4H3. The van der Waals surface area contributed by atoms with Gasteiger partial charge in [0.1, 0.15) is 0 Å². The van der Waals surface area contributed by atoms with Gasteiger partial charge in [-0.15, -0.1) is 0 Å². The van der Waals surface area contributed by atoms with Gasteiger partial charge in [-0.05, 0) is 0 Å². The van der Waals surface area contributed by atoms with Gasteiger partial charge in [0.2, 0.25) is 0 Å². The van der Waals surface area contributed by atoms with E-state index in [1.54, 1.807) is 28.4 Å². The van der Waals surface area contributed by atoms with Crippen molar-refractivity contribution in [2.24, 2.45) is 0 Å². The van der Waals surface area contributed by atoms with Gasteiger partial charge in [0, 0.05) is 0 Å². The normalized spacial score (nSPS) is 12.9. The molecule has 2 atom stereocenters. The fourth-order valence-corrected chi connectivity index (χ4v) is 7.79. The van der Waals surface area contributed by atoms with Crippen molar-refractivity contribution in [3.05, 3.63) is 47.5 Å². The Hall–Kier alpha value is -0.881. The molecule has 7 heteroatoms. The molecule has 0 aliphatic carbocycles. The number of rotatable bonds is 12.